The number of nitrogens with two attached hydrogens (primary N) is 1. The molecule has 1 aliphatic heterocycles. The molecule has 0 atom stereocenters. The van der Waals surface area contributed by atoms with Gasteiger partial charge in [0.05, 0.1) is 9.80 Å². The van der Waals surface area contributed by atoms with Crippen molar-refractivity contribution >= 4 is 61.9 Å². The number of thiocarbonyl (C=S) groups is 1. The molecule has 0 spiro atoms. The average molecular weight is 480 g/mol. The summed E-state index contributed by atoms with van der Waals surface area (Å²) in [5.74, 6) is -1.05. The van der Waals surface area contributed by atoms with Gasteiger partial charge in [0.2, 0.25) is 15.9 Å². The number of benzene rings is 2. The zero-order valence-corrected chi connectivity index (χ0v) is 18.5. The molecule has 11 heteroatoms. The Morgan fingerprint density at radius 2 is 1.87 bits per heavy atom. The largest absolute Gasteiger partial charge is 0.326 e. The molecule has 2 aromatic rings. The van der Waals surface area contributed by atoms with Crippen LogP contribution in [0.2, 0.25) is 0 Å². The summed E-state index contributed by atoms with van der Waals surface area (Å²) < 4.78 is 36.7. The standard InChI is InChI=1S/C20H18FN3O4S3/c21-16-5-2-1-4-13(16)12-17-19(26)24(20(29)30-17)11-3-6-18(25)23-14-7-9-15(10-8-14)31(22,27)28/h1-2,4-5,7-10,12H,3,6,11H2,(H,23,25)(H2,22,27,28)/b17-12-. The molecule has 1 saturated heterocycles. The monoisotopic (exact) mass is 479 g/mol. The Hall–Kier alpha value is -2.60. The summed E-state index contributed by atoms with van der Waals surface area (Å²) in [4.78, 5) is 26.4. The number of sulfonamides is 1. The van der Waals surface area contributed by atoms with Gasteiger partial charge in [-0.15, -0.1) is 0 Å². The second kappa shape index (κ2) is 9.69. The molecular formula is C20H18FN3O4S3. The molecule has 0 saturated carbocycles. The quantitative estimate of drug-likeness (QED) is 0.467. The fourth-order valence-electron chi connectivity index (χ4n) is 2.78. The van der Waals surface area contributed by atoms with Crippen molar-refractivity contribution in [3.8, 4) is 0 Å². The van der Waals surface area contributed by atoms with Crippen LogP contribution in [0.4, 0.5) is 10.1 Å². The van der Waals surface area contributed by atoms with E-state index in [1.807, 2.05) is 0 Å². The smallest absolute Gasteiger partial charge is 0.266 e. The van der Waals surface area contributed by atoms with E-state index in [9.17, 15) is 22.4 Å². The number of hydrogen-bond donors (Lipinski definition) is 2. The Bertz CT molecular complexity index is 1160. The van der Waals surface area contributed by atoms with E-state index in [0.717, 1.165) is 11.8 Å². The van der Waals surface area contributed by atoms with Crippen molar-refractivity contribution in [1.82, 2.24) is 4.90 Å². The number of amides is 2. The summed E-state index contributed by atoms with van der Waals surface area (Å²) in [5, 5.41) is 7.68. The van der Waals surface area contributed by atoms with Crippen LogP contribution < -0.4 is 10.5 Å². The summed E-state index contributed by atoms with van der Waals surface area (Å²) in [6, 6.07) is 11.6. The van der Waals surface area contributed by atoms with Crippen molar-refractivity contribution < 1.29 is 22.4 Å². The highest BCUT2D eigenvalue weighted by atomic mass is 32.2. The Morgan fingerprint density at radius 3 is 2.52 bits per heavy atom. The molecule has 0 aliphatic carbocycles. The van der Waals surface area contributed by atoms with E-state index < -0.39 is 15.8 Å². The minimum atomic E-state index is -3.80. The number of carbonyl (C=O) groups excluding carboxylic acids is 2. The molecule has 2 amide bonds. The molecule has 3 N–H and O–H groups in total. The number of rotatable bonds is 7. The number of anilines is 1. The van der Waals surface area contributed by atoms with Crippen LogP contribution in [0.25, 0.3) is 6.08 Å². The van der Waals surface area contributed by atoms with Gasteiger partial charge in [0.25, 0.3) is 5.91 Å². The zero-order chi connectivity index (χ0) is 22.6. The second-order valence-corrected chi connectivity index (χ2v) is 9.81. The summed E-state index contributed by atoms with van der Waals surface area (Å²) in [5.41, 5.74) is 0.728. The molecule has 162 valence electrons. The number of thioether (sulfide) groups is 1. The highest BCUT2D eigenvalue weighted by molar-refractivity contribution is 8.26. The topological polar surface area (TPSA) is 110 Å². The Labute approximate surface area is 188 Å². The lowest BCUT2D eigenvalue weighted by Crippen LogP contribution is -2.29. The van der Waals surface area contributed by atoms with Gasteiger partial charge in [0, 0.05) is 24.2 Å². The number of nitrogens with one attached hydrogen (secondary N) is 1. The molecule has 2 aromatic carbocycles. The predicted molar refractivity (Wildman–Crippen MR) is 122 cm³/mol. The van der Waals surface area contributed by atoms with Crippen LogP contribution in [0.1, 0.15) is 18.4 Å². The minimum Gasteiger partial charge on any atom is -0.326 e. The van der Waals surface area contributed by atoms with Crippen LogP contribution in [0, 0.1) is 5.82 Å². The SMILES string of the molecule is NS(=O)(=O)c1ccc(NC(=O)CCCN2C(=O)/C(=C/c3ccccc3F)SC2=S)cc1. The highest BCUT2D eigenvalue weighted by Gasteiger charge is 2.31. The second-order valence-electron chi connectivity index (χ2n) is 6.58. The molecule has 1 aliphatic rings. The molecule has 7 nitrogen and oxygen atoms in total. The van der Waals surface area contributed by atoms with Crippen molar-refractivity contribution in [2.45, 2.75) is 17.7 Å². The van der Waals surface area contributed by atoms with Crippen LogP contribution in [-0.4, -0.2) is 36.0 Å². The van der Waals surface area contributed by atoms with Gasteiger partial charge in [-0.25, -0.2) is 17.9 Å². The van der Waals surface area contributed by atoms with E-state index >= 15 is 0 Å². The number of halogens is 1. The van der Waals surface area contributed by atoms with Crippen LogP contribution in [-0.2, 0) is 19.6 Å². The van der Waals surface area contributed by atoms with Crippen LogP contribution in [0.5, 0.6) is 0 Å². The number of carbonyl (C=O) groups is 2. The third-order valence-corrected chi connectivity index (χ3v) is 6.62. The number of nitrogens with zero attached hydrogens (tertiary/aromatic N) is 1. The van der Waals surface area contributed by atoms with Gasteiger partial charge in [-0.3, -0.25) is 14.5 Å². The Morgan fingerprint density at radius 1 is 1.19 bits per heavy atom. The van der Waals surface area contributed by atoms with Crippen LogP contribution >= 0.6 is 24.0 Å². The molecule has 0 unspecified atom stereocenters. The average Bonchev–Trinajstić information content (AvgIpc) is 2.97. The molecule has 31 heavy (non-hydrogen) atoms. The highest BCUT2D eigenvalue weighted by Crippen LogP contribution is 2.33. The first-order valence-corrected chi connectivity index (χ1v) is 11.8. The summed E-state index contributed by atoms with van der Waals surface area (Å²) in [6.07, 6.45) is 1.95. The third kappa shape index (κ3) is 5.97. The van der Waals surface area contributed by atoms with E-state index in [1.165, 1.54) is 41.3 Å². The van der Waals surface area contributed by atoms with Crippen molar-refractivity contribution in [3.05, 3.63) is 64.8 Å². The van der Waals surface area contributed by atoms with Gasteiger partial charge < -0.3 is 5.32 Å². The lowest BCUT2D eigenvalue weighted by molar-refractivity contribution is -0.122. The number of hydrogen-bond acceptors (Lipinski definition) is 6. The Kier molecular flexibility index (Phi) is 7.21. The van der Waals surface area contributed by atoms with E-state index in [0.29, 0.717) is 26.9 Å². The Balaban J connectivity index is 1.53. The third-order valence-electron chi connectivity index (χ3n) is 4.32. The molecular weight excluding hydrogens is 461 g/mol. The maximum Gasteiger partial charge on any atom is 0.266 e. The van der Waals surface area contributed by atoms with E-state index in [4.69, 9.17) is 17.4 Å². The predicted octanol–water partition coefficient (Wildman–Crippen LogP) is 3.09. The summed E-state index contributed by atoms with van der Waals surface area (Å²) in [6.45, 7) is 0.247. The van der Waals surface area contributed by atoms with E-state index in [1.54, 1.807) is 18.2 Å². The fraction of sp³-hybridized carbons (Fsp3) is 0.150. The molecule has 1 fully saturated rings. The molecule has 0 bridgehead atoms. The van der Waals surface area contributed by atoms with Gasteiger partial charge in [-0.1, -0.05) is 42.2 Å². The molecule has 0 aromatic heterocycles. The van der Waals surface area contributed by atoms with Gasteiger partial charge >= 0.3 is 0 Å². The van der Waals surface area contributed by atoms with Crippen LogP contribution in [0.15, 0.2) is 58.3 Å². The van der Waals surface area contributed by atoms with Gasteiger partial charge in [0.15, 0.2) is 0 Å². The van der Waals surface area contributed by atoms with Gasteiger partial charge in [-0.2, -0.15) is 0 Å². The normalized spacial score (nSPS) is 15.5. The first-order valence-electron chi connectivity index (χ1n) is 9.08. The van der Waals surface area contributed by atoms with Crippen molar-refractivity contribution in [1.29, 1.82) is 0 Å². The maximum atomic E-state index is 13.8. The maximum absolute atomic E-state index is 13.8. The number of primary sulfonamides is 1. The zero-order valence-electron chi connectivity index (χ0n) is 16.1. The minimum absolute atomic E-state index is 0.0525. The lowest BCUT2D eigenvalue weighted by atomic mass is 10.2. The van der Waals surface area contributed by atoms with Crippen LogP contribution in [0.3, 0.4) is 0 Å². The van der Waals surface area contributed by atoms with Gasteiger partial charge in [0.1, 0.15) is 10.1 Å². The van der Waals surface area contributed by atoms with Crippen molar-refractivity contribution in [3.63, 3.8) is 0 Å². The first-order chi connectivity index (χ1) is 14.6. The summed E-state index contributed by atoms with van der Waals surface area (Å²) >= 11 is 6.34. The molecule has 3 rings (SSSR count). The van der Waals surface area contributed by atoms with Crippen molar-refractivity contribution in [2.75, 3.05) is 11.9 Å². The van der Waals surface area contributed by atoms with E-state index in [2.05, 4.69) is 5.32 Å². The van der Waals surface area contributed by atoms with E-state index in [-0.39, 0.29) is 29.7 Å². The lowest BCUT2D eigenvalue weighted by Gasteiger charge is -2.14. The molecule has 1 heterocycles. The van der Waals surface area contributed by atoms with Crippen molar-refractivity contribution in [2.24, 2.45) is 5.14 Å². The first kappa shape index (κ1) is 23.1. The molecule has 0 radical (unpaired) electrons. The summed E-state index contributed by atoms with van der Waals surface area (Å²) in [7, 11) is -3.80. The van der Waals surface area contributed by atoms with Gasteiger partial charge in [-0.05, 0) is 42.8 Å². The fourth-order valence-corrected chi connectivity index (χ4v) is 4.59.